The van der Waals surface area contributed by atoms with Crippen molar-refractivity contribution in [1.82, 2.24) is 40.4 Å². The van der Waals surface area contributed by atoms with Crippen molar-refractivity contribution >= 4 is 40.5 Å². The number of phenolic OH excluding ortho intramolecular Hbond substituents is 1. The van der Waals surface area contributed by atoms with Crippen molar-refractivity contribution in [2.45, 2.75) is 117 Å². The Morgan fingerprint density at radius 1 is 1.06 bits per heavy atom. The molecular formula is C51H66N8O8. The second-order valence-electron chi connectivity index (χ2n) is 20.1. The van der Waals surface area contributed by atoms with E-state index in [9.17, 15) is 29.1 Å². The van der Waals surface area contributed by atoms with Crippen LogP contribution in [0.5, 0.6) is 5.75 Å². The number of nitrogens with zero attached hydrogens (tertiary/aromatic N) is 5. The summed E-state index contributed by atoms with van der Waals surface area (Å²) in [6.45, 7) is 11.1. The zero-order valence-corrected chi connectivity index (χ0v) is 40.1. The van der Waals surface area contributed by atoms with Gasteiger partial charge in [-0.05, 0) is 109 Å². The molecule has 4 amide bonds. The largest absolute Gasteiger partial charge is 0.508 e. The van der Waals surface area contributed by atoms with E-state index >= 15 is 0 Å². The first-order valence-electron chi connectivity index (χ1n) is 23.7. The first kappa shape index (κ1) is 47.6. The van der Waals surface area contributed by atoms with Gasteiger partial charge in [-0.3, -0.25) is 39.3 Å². The van der Waals surface area contributed by atoms with E-state index in [2.05, 4.69) is 58.5 Å². The second kappa shape index (κ2) is 19.4. The minimum Gasteiger partial charge on any atom is -0.508 e. The minimum atomic E-state index is -1.17. The minimum absolute atomic E-state index is 0.0138. The van der Waals surface area contributed by atoms with Crippen molar-refractivity contribution in [3.05, 3.63) is 71.5 Å². The highest BCUT2D eigenvalue weighted by molar-refractivity contribution is 5.96. The van der Waals surface area contributed by atoms with Crippen molar-refractivity contribution < 1.29 is 38.6 Å². The smallest absolute Gasteiger partial charge is 0.324 e. The normalized spacial score (nSPS) is 22.2. The molecule has 2 aromatic carbocycles. The number of cyclic esters (lactones) is 1. The molecule has 8 rings (SSSR count). The van der Waals surface area contributed by atoms with E-state index in [1.807, 2.05) is 38.2 Å². The van der Waals surface area contributed by atoms with Crippen LogP contribution >= 0.6 is 0 Å². The molecule has 5 heterocycles. The van der Waals surface area contributed by atoms with Crippen LogP contribution in [0.25, 0.3) is 33.3 Å². The van der Waals surface area contributed by atoms with Crippen LogP contribution in [0, 0.1) is 17.3 Å². The summed E-state index contributed by atoms with van der Waals surface area (Å²) >= 11 is 0. The Kier molecular flexibility index (Phi) is 13.8. The molecule has 358 valence electrons. The Hall–Kier alpha value is -5.84. The van der Waals surface area contributed by atoms with E-state index in [1.54, 1.807) is 39.5 Å². The van der Waals surface area contributed by atoms with Gasteiger partial charge < -0.3 is 34.3 Å². The number of aryl methyl sites for hydroxylation is 1. The molecule has 4 N–H and O–H groups in total. The summed E-state index contributed by atoms with van der Waals surface area (Å²) in [6.07, 6.45) is 7.31. The van der Waals surface area contributed by atoms with Crippen LogP contribution in [-0.2, 0) is 59.4 Å². The van der Waals surface area contributed by atoms with Gasteiger partial charge in [-0.25, -0.2) is 5.43 Å². The van der Waals surface area contributed by atoms with Crippen LogP contribution in [-0.4, -0.2) is 130 Å². The number of fused-ring (bicyclic) bond motifs is 6. The molecule has 2 saturated heterocycles. The fraction of sp³-hybridized carbons (Fsp3) is 0.529. The Morgan fingerprint density at radius 3 is 2.55 bits per heavy atom. The van der Waals surface area contributed by atoms with E-state index in [0.29, 0.717) is 49.5 Å². The third kappa shape index (κ3) is 10.2. The number of nitrogens with one attached hydrogen (secondary N) is 3. The van der Waals surface area contributed by atoms with Crippen LogP contribution in [0.2, 0.25) is 0 Å². The number of esters is 1. The maximum absolute atomic E-state index is 14.7. The molecule has 5 atom stereocenters. The SMILES string of the molecule is CCn1c(-c2cnccc2COC)c2c3cc(ccc31)-c1cc(O)cc(c1)C[C@H](NC(=O)[C@H](C(C)C)N(C)C(=O)CN(C)C(=O)[C@@H]1N[C@H]1C1CC1)C(=O)N1CCC[C@H](N1)C(=O)OCC(C)(C)C2. The summed E-state index contributed by atoms with van der Waals surface area (Å²) in [6, 6.07) is 10.3. The summed E-state index contributed by atoms with van der Waals surface area (Å²) in [5.41, 5.74) is 9.72. The molecule has 1 aliphatic carbocycles. The van der Waals surface area contributed by atoms with E-state index in [1.165, 1.54) is 14.8 Å². The van der Waals surface area contributed by atoms with E-state index in [4.69, 9.17) is 9.47 Å². The van der Waals surface area contributed by atoms with Crippen molar-refractivity contribution in [2.24, 2.45) is 17.3 Å². The lowest BCUT2D eigenvalue weighted by Gasteiger charge is -2.37. The third-order valence-corrected chi connectivity index (χ3v) is 13.8. The number of hydrogen-bond donors (Lipinski definition) is 4. The number of ether oxygens (including phenoxy) is 2. The summed E-state index contributed by atoms with van der Waals surface area (Å²) in [4.78, 5) is 77.4. The number of likely N-dealkylation sites (N-methyl/N-ethyl adjacent to an activating group) is 2. The van der Waals surface area contributed by atoms with Crippen LogP contribution in [0.4, 0.5) is 0 Å². The average Bonchev–Trinajstić information content (AvgIpc) is 4.24. The standard InChI is InChI=1S/C51H66N8O8/c1-9-58-41-15-14-32-23-36(41)37(46(58)38-25-52-17-16-33(38)27-66-8)24-51(4,5)28-67-50(65)39-11-10-18-59(55-39)48(63)40(21-30-19-34(32)22-35(60)20-30)53-47(62)45(29(2)3)57(7)42(61)26-56(6)49(64)44-43(54-44)31-12-13-31/h14-17,19-20,22-23,25,29,31,39-40,43-45,54-55,60H,9-13,18,21,24,26-28H2,1-8H3,(H,53,62)/t39-,40-,43-,44+,45-/m0/s1. The van der Waals surface area contributed by atoms with Crippen LogP contribution in [0.1, 0.15) is 77.0 Å². The first-order chi connectivity index (χ1) is 32.0. The number of methoxy groups -OCH3 is 1. The average molecular weight is 919 g/mol. The molecule has 6 bridgehead atoms. The van der Waals surface area contributed by atoms with E-state index < -0.39 is 47.2 Å². The molecule has 16 nitrogen and oxygen atoms in total. The fourth-order valence-electron chi connectivity index (χ4n) is 10.1. The Balaban J connectivity index is 1.15. The van der Waals surface area contributed by atoms with Gasteiger partial charge in [0.1, 0.15) is 29.9 Å². The molecule has 4 aliphatic rings. The Bertz CT molecular complexity index is 2550. The fourth-order valence-corrected chi connectivity index (χ4v) is 10.1. The Labute approximate surface area is 392 Å². The van der Waals surface area contributed by atoms with Gasteiger partial charge in [-0.1, -0.05) is 39.8 Å². The topological polar surface area (TPSA) is 198 Å². The molecule has 0 radical (unpaired) electrons. The number of carbonyl (C=O) groups is 5. The number of hydrogen-bond acceptors (Lipinski definition) is 11. The van der Waals surface area contributed by atoms with Gasteiger partial charge in [0.15, 0.2) is 0 Å². The number of carbonyl (C=O) groups excluding carboxylic acids is 5. The van der Waals surface area contributed by atoms with Crippen LogP contribution < -0.4 is 16.1 Å². The summed E-state index contributed by atoms with van der Waals surface area (Å²) in [5.74, 6) is -1.95. The number of amides is 4. The maximum Gasteiger partial charge on any atom is 0.324 e. The number of benzene rings is 2. The molecule has 0 spiro atoms. The molecule has 4 aromatic rings. The van der Waals surface area contributed by atoms with Gasteiger partial charge in [0.25, 0.3) is 5.91 Å². The molecule has 1 saturated carbocycles. The molecule has 0 unspecified atom stereocenters. The van der Waals surface area contributed by atoms with Gasteiger partial charge in [-0.15, -0.1) is 0 Å². The summed E-state index contributed by atoms with van der Waals surface area (Å²) in [5, 5.41) is 19.9. The van der Waals surface area contributed by atoms with Gasteiger partial charge in [0, 0.05) is 81.0 Å². The lowest BCUT2D eigenvalue weighted by Crippen LogP contribution is -2.62. The summed E-state index contributed by atoms with van der Waals surface area (Å²) in [7, 11) is 4.81. The highest BCUT2D eigenvalue weighted by atomic mass is 16.5. The number of aromatic hydroxyl groups is 1. The zero-order chi connectivity index (χ0) is 47.9. The lowest BCUT2D eigenvalue weighted by atomic mass is 9.84. The molecule has 16 heteroatoms. The summed E-state index contributed by atoms with van der Waals surface area (Å²) < 4.78 is 14.0. The molecular weight excluding hydrogens is 853 g/mol. The lowest BCUT2D eigenvalue weighted by molar-refractivity contribution is -0.155. The zero-order valence-electron chi connectivity index (χ0n) is 40.1. The predicted molar refractivity (Wildman–Crippen MR) is 253 cm³/mol. The molecule has 3 aliphatic heterocycles. The predicted octanol–water partition coefficient (Wildman–Crippen LogP) is 4.58. The Morgan fingerprint density at radius 2 is 1.84 bits per heavy atom. The number of phenols is 1. The second-order valence-corrected chi connectivity index (χ2v) is 20.1. The van der Waals surface area contributed by atoms with Crippen molar-refractivity contribution in [2.75, 3.05) is 40.9 Å². The van der Waals surface area contributed by atoms with Gasteiger partial charge in [0.2, 0.25) is 17.7 Å². The van der Waals surface area contributed by atoms with Crippen molar-refractivity contribution in [1.29, 1.82) is 0 Å². The quantitative estimate of drug-likeness (QED) is 0.115. The molecule has 2 aromatic heterocycles. The van der Waals surface area contributed by atoms with Gasteiger partial charge >= 0.3 is 5.97 Å². The number of aromatic nitrogens is 2. The highest BCUT2D eigenvalue weighted by Gasteiger charge is 2.52. The van der Waals surface area contributed by atoms with E-state index in [-0.39, 0.29) is 55.8 Å². The van der Waals surface area contributed by atoms with Gasteiger partial charge in [0.05, 0.1) is 25.5 Å². The highest BCUT2D eigenvalue weighted by Crippen LogP contribution is 2.42. The number of rotatable bonds is 12. The molecule has 67 heavy (non-hydrogen) atoms. The third-order valence-electron chi connectivity index (χ3n) is 13.8. The molecule has 3 fully saturated rings. The van der Waals surface area contributed by atoms with Crippen molar-refractivity contribution in [3.63, 3.8) is 0 Å². The maximum atomic E-state index is 14.7. The first-order valence-corrected chi connectivity index (χ1v) is 23.7. The monoisotopic (exact) mass is 919 g/mol. The number of hydrazine groups is 1. The van der Waals surface area contributed by atoms with Crippen LogP contribution in [0.3, 0.4) is 0 Å². The van der Waals surface area contributed by atoms with Crippen molar-refractivity contribution in [3.8, 4) is 28.1 Å². The van der Waals surface area contributed by atoms with Crippen LogP contribution in [0.15, 0.2) is 54.9 Å². The van der Waals surface area contributed by atoms with Gasteiger partial charge in [-0.2, -0.15) is 0 Å². The van der Waals surface area contributed by atoms with E-state index in [0.717, 1.165) is 51.7 Å². The number of pyridine rings is 1.